The van der Waals surface area contributed by atoms with Gasteiger partial charge in [-0.05, 0) is 29.3 Å². The molecule has 1 atom stereocenters. The zero-order valence-corrected chi connectivity index (χ0v) is 15.3. The predicted octanol–water partition coefficient (Wildman–Crippen LogP) is 5.71. The number of carbonyl (C=O) groups excluding carboxylic acids is 1. The Morgan fingerprint density at radius 2 is 1.50 bits per heavy atom. The predicted molar refractivity (Wildman–Crippen MR) is 109 cm³/mol. The quantitative estimate of drug-likeness (QED) is 0.598. The number of hydrogen-bond donors (Lipinski definition) is 0. The summed E-state index contributed by atoms with van der Waals surface area (Å²) in [6.07, 6.45) is 4.24. The van der Waals surface area contributed by atoms with E-state index < -0.39 is 4.87 Å². The van der Waals surface area contributed by atoms with Crippen molar-refractivity contribution in [2.24, 2.45) is 0 Å². The average Bonchev–Trinajstić information content (AvgIpc) is 3.03. The summed E-state index contributed by atoms with van der Waals surface area (Å²) in [5, 5.41) is 0. The van der Waals surface area contributed by atoms with Gasteiger partial charge in [0, 0.05) is 11.8 Å². The maximum atomic E-state index is 12.7. The Hall–Kier alpha value is -2.78. The molecule has 3 aromatic rings. The van der Waals surface area contributed by atoms with Crippen molar-refractivity contribution in [3.8, 4) is 0 Å². The topological polar surface area (TPSA) is 20.3 Å². The van der Waals surface area contributed by atoms with Crippen molar-refractivity contribution >= 4 is 29.4 Å². The highest BCUT2D eigenvalue weighted by atomic mass is 32.2. The van der Waals surface area contributed by atoms with E-state index in [2.05, 4.69) is 42.5 Å². The number of rotatable bonds is 3. The molecule has 0 radical (unpaired) electrons. The SMILES string of the molecule is CC(=O)N1c2ccccc2S[C@]1(/C=C/c1ccccc1)c1ccccc1. The Morgan fingerprint density at radius 3 is 2.19 bits per heavy atom. The molecule has 3 heteroatoms. The fourth-order valence-corrected chi connectivity index (χ4v) is 4.82. The van der Waals surface area contributed by atoms with Crippen LogP contribution in [-0.2, 0) is 9.67 Å². The number of para-hydroxylation sites is 1. The second-order valence-corrected chi connectivity index (χ2v) is 7.50. The summed E-state index contributed by atoms with van der Waals surface area (Å²) in [7, 11) is 0. The molecule has 1 aliphatic rings. The summed E-state index contributed by atoms with van der Waals surface area (Å²) in [6, 6.07) is 28.5. The van der Waals surface area contributed by atoms with Crippen LogP contribution in [0.5, 0.6) is 0 Å². The molecule has 0 aliphatic carbocycles. The average molecular weight is 357 g/mol. The van der Waals surface area contributed by atoms with Crippen LogP contribution >= 0.6 is 11.8 Å². The highest BCUT2D eigenvalue weighted by Gasteiger charge is 2.46. The minimum atomic E-state index is -0.591. The zero-order chi connectivity index (χ0) is 18.0. The van der Waals surface area contributed by atoms with Gasteiger partial charge >= 0.3 is 0 Å². The summed E-state index contributed by atoms with van der Waals surface area (Å²) in [4.78, 5) is 15.1. The zero-order valence-electron chi connectivity index (χ0n) is 14.5. The lowest BCUT2D eigenvalue weighted by Gasteiger charge is -2.35. The van der Waals surface area contributed by atoms with E-state index in [0.29, 0.717) is 0 Å². The van der Waals surface area contributed by atoms with Crippen molar-refractivity contribution < 1.29 is 4.79 Å². The molecule has 1 heterocycles. The number of benzene rings is 3. The third-order valence-electron chi connectivity index (χ3n) is 4.51. The molecule has 1 amide bonds. The number of hydrogen-bond acceptors (Lipinski definition) is 2. The Kier molecular flexibility index (Phi) is 4.39. The summed E-state index contributed by atoms with van der Waals surface area (Å²) < 4.78 is 0. The molecular formula is C23H19NOS. The minimum absolute atomic E-state index is 0.0315. The monoisotopic (exact) mass is 357 g/mol. The molecule has 128 valence electrons. The molecule has 4 rings (SSSR count). The lowest BCUT2D eigenvalue weighted by Crippen LogP contribution is -2.42. The first-order chi connectivity index (χ1) is 12.7. The fourth-order valence-electron chi connectivity index (χ4n) is 3.37. The molecule has 0 saturated carbocycles. The number of fused-ring (bicyclic) bond motifs is 1. The first-order valence-electron chi connectivity index (χ1n) is 8.59. The highest BCUT2D eigenvalue weighted by Crippen LogP contribution is 2.56. The van der Waals surface area contributed by atoms with E-state index in [4.69, 9.17) is 0 Å². The van der Waals surface area contributed by atoms with Gasteiger partial charge in [-0.2, -0.15) is 0 Å². The fraction of sp³-hybridized carbons (Fsp3) is 0.0870. The third-order valence-corrected chi connectivity index (χ3v) is 5.94. The van der Waals surface area contributed by atoms with Crippen LogP contribution in [-0.4, -0.2) is 5.91 Å². The number of thioether (sulfide) groups is 1. The van der Waals surface area contributed by atoms with E-state index in [1.165, 1.54) is 0 Å². The van der Waals surface area contributed by atoms with Crippen molar-refractivity contribution in [1.82, 2.24) is 0 Å². The van der Waals surface area contributed by atoms with Crippen LogP contribution in [0, 0.1) is 0 Å². The number of nitrogens with zero attached hydrogens (tertiary/aromatic N) is 1. The van der Waals surface area contributed by atoms with Crippen LogP contribution in [0.4, 0.5) is 5.69 Å². The Balaban J connectivity index is 1.90. The Bertz CT molecular complexity index is 952. The second-order valence-electron chi connectivity index (χ2n) is 6.23. The van der Waals surface area contributed by atoms with Gasteiger partial charge in [0.1, 0.15) is 4.87 Å². The van der Waals surface area contributed by atoms with Gasteiger partial charge in [-0.3, -0.25) is 9.69 Å². The number of carbonyl (C=O) groups is 1. The summed E-state index contributed by atoms with van der Waals surface area (Å²) in [5.74, 6) is 0.0315. The smallest absolute Gasteiger partial charge is 0.225 e. The summed E-state index contributed by atoms with van der Waals surface area (Å²) >= 11 is 1.71. The molecule has 0 fully saturated rings. The van der Waals surface area contributed by atoms with Gasteiger partial charge in [-0.25, -0.2) is 0 Å². The molecule has 0 saturated heterocycles. The van der Waals surface area contributed by atoms with Gasteiger partial charge in [0.05, 0.1) is 5.69 Å². The molecular weight excluding hydrogens is 338 g/mol. The van der Waals surface area contributed by atoms with Crippen molar-refractivity contribution in [3.63, 3.8) is 0 Å². The number of amides is 1. The standard InChI is InChI=1S/C23H19NOS/c1-18(25)24-21-14-8-9-15-22(21)26-23(24,20-12-6-3-7-13-20)17-16-19-10-4-2-5-11-19/h2-17H,1H3/b17-16+/t23-/m1/s1. The highest BCUT2D eigenvalue weighted by molar-refractivity contribution is 8.01. The van der Waals surface area contributed by atoms with Gasteiger partial charge in [0.15, 0.2) is 0 Å². The largest absolute Gasteiger partial charge is 0.288 e. The minimum Gasteiger partial charge on any atom is -0.288 e. The number of anilines is 1. The van der Waals surface area contributed by atoms with E-state index in [0.717, 1.165) is 21.7 Å². The third kappa shape index (κ3) is 2.85. The van der Waals surface area contributed by atoms with Gasteiger partial charge < -0.3 is 0 Å². The molecule has 2 nitrogen and oxygen atoms in total. The van der Waals surface area contributed by atoms with E-state index in [1.807, 2.05) is 59.5 Å². The van der Waals surface area contributed by atoms with Crippen molar-refractivity contribution in [1.29, 1.82) is 0 Å². The van der Waals surface area contributed by atoms with Crippen LogP contribution in [0.3, 0.4) is 0 Å². The van der Waals surface area contributed by atoms with Gasteiger partial charge in [-0.1, -0.05) is 90.6 Å². The summed E-state index contributed by atoms with van der Waals surface area (Å²) in [5.41, 5.74) is 3.16. The summed E-state index contributed by atoms with van der Waals surface area (Å²) in [6.45, 7) is 1.64. The molecule has 0 bridgehead atoms. The van der Waals surface area contributed by atoms with Gasteiger partial charge in [0.2, 0.25) is 5.91 Å². The molecule has 0 spiro atoms. The van der Waals surface area contributed by atoms with Crippen LogP contribution in [0.2, 0.25) is 0 Å². The maximum Gasteiger partial charge on any atom is 0.225 e. The molecule has 1 aliphatic heterocycles. The molecule has 3 aromatic carbocycles. The van der Waals surface area contributed by atoms with Crippen molar-refractivity contribution in [3.05, 3.63) is 102 Å². The van der Waals surface area contributed by atoms with Crippen molar-refractivity contribution in [2.45, 2.75) is 16.7 Å². The molecule has 26 heavy (non-hydrogen) atoms. The normalized spacial score (nSPS) is 18.9. The van der Waals surface area contributed by atoms with Crippen LogP contribution < -0.4 is 4.90 Å². The lowest BCUT2D eigenvalue weighted by atomic mass is 10.0. The molecule has 0 unspecified atom stereocenters. The van der Waals surface area contributed by atoms with Gasteiger partial charge in [0.25, 0.3) is 0 Å². The first kappa shape index (κ1) is 16.7. The van der Waals surface area contributed by atoms with Crippen LogP contribution in [0.1, 0.15) is 18.1 Å². The Labute approximate surface area is 158 Å². The molecule has 0 aromatic heterocycles. The Morgan fingerprint density at radius 1 is 0.885 bits per heavy atom. The van der Waals surface area contributed by atoms with Crippen molar-refractivity contribution in [2.75, 3.05) is 4.90 Å². The van der Waals surface area contributed by atoms with E-state index in [1.54, 1.807) is 18.7 Å². The van der Waals surface area contributed by atoms with Gasteiger partial charge in [-0.15, -0.1) is 0 Å². The second kappa shape index (κ2) is 6.85. The first-order valence-corrected chi connectivity index (χ1v) is 9.41. The van der Waals surface area contributed by atoms with E-state index in [-0.39, 0.29) is 5.91 Å². The van der Waals surface area contributed by atoms with Crippen LogP contribution in [0.25, 0.3) is 6.08 Å². The lowest BCUT2D eigenvalue weighted by molar-refractivity contribution is -0.117. The van der Waals surface area contributed by atoms with E-state index in [9.17, 15) is 4.79 Å². The maximum absolute atomic E-state index is 12.7. The molecule has 0 N–H and O–H groups in total. The van der Waals surface area contributed by atoms with Crippen LogP contribution in [0.15, 0.2) is 95.9 Å². The van der Waals surface area contributed by atoms with E-state index >= 15 is 0 Å².